The van der Waals surface area contributed by atoms with Crippen LogP contribution < -0.4 is 0 Å². The molecule has 156 valence electrons. The monoisotopic (exact) mass is 428 g/mol. The smallest absolute Gasteiger partial charge is 0.118 e. The zero-order valence-corrected chi connectivity index (χ0v) is 18.2. The summed E-state index contributed by atoms with van der Waals surface area (Å²) in [5, 5.41) is 29.3. The molecule has 0 aliphatic carbocycles. The van der Waals surface area contributed by atoms with Crippen LogP contribution in [0.5, 0.6) is 17.2 Å². The Labute approximate surface area is 186 Å². The van der Waals surface area contributed by atoms with E-state index in [9.17, 15) is 15.3 Å². The molecule has 1 atom stereocenters. The van der Waals surface area contributed by atoms with Crippen LogP contribution in [0.3, 0.4) is 0 Å². The lowest BCUT2D eigenvalue weighted by molar-refractivity contribution is 0.470. The number of benzene rings is 4. The van der Waals surface area contributed by atoms with Crippen molar-refractivity contribution in [2.75, 3.05) is 0 Å². The van der Waals surface area contributed by atoms with Gasteiger partial charge >= 0.3 is 0 Å². The Kier molecular flexibility index (Phi) is 5.66. The van der Waals surface area contributed by atoms with Gasteiger partial charge in [-0.05, 0) is 90.7 Å². The number of phenolic OH excluding ortho intramolecular Hbond substituents is 3. The third kappa shape index (κ3) is 4.25. The van der Waals surface area contributed by atoms with Gasteiger partial charge in [-0.25, -0.2) is 0 Å². The van der Waals surface area contributed by atoms with E-state index in [-0.39, 0.29) is 17.2 Å². The van der Waals surface area contributed by atoms with Crippen molar-refractivity contribution in [2.45, 2.75) is 29.1 Å². The third-order valence-electron chi connectivity index (χ3n) is 5.72. The Balaban J connectivity index is 1.75. The van der Waals surface area contributed by atoms with Crippen LogP contribution in [0.15, 0.2) is 101 Å². The van der Waals surface area contributed by atoms with Crippen molar-refractivity contribution in [1.82, 2.24) is 0 Å². The Morgan fingerprint density at radius 2 is 1.00 bits per heavy atom. The predicted octanol–water partition coefficient (Wildman–Crippen LogP) is 6.62. The normalized spacial score (nSPS) is 13.0. The van der Waals surface area contributed by atoms with Gasteiger partial charge in [0.05, 0.1) is 0 Å². The Morgan fingerprint density at radius 3 is 1.52 bits per heavy atom. The molecule has 31 heavy (non-hydrogen) atoms. The highest BCUT2D eigenvalue weighted by Crippen LogP contribution is 2.41. The molecule has 4 rings (SSSR count). The largest absolute Gasteiger partial charge is 0.508 e. The molecule has 0 amide bonds. The maximum absolute atomic E-state index is 10.0. The van der Waals surface area contributed by atoms with E-state index in [2.05, 4.69) is 31.2 Å². The fourth-order valence-electron chi connectivity index (χ4n) is 3.77. The SMILES string of the molecule is Cc1cc(C(C)(c2ccc(O)cc2)c2ccc(Sc3ccc(O)cc3)cc2)ccc1O. The summed E-state index contributed by atoms with van der Waals surface area (Å²) in [6, 6.07) is 28.6. The fraction of sp³-hybridized carbons (Fsp3) is 0.111. The van der Waals surface area contributed by atoms with Crippen LogP contribution in [0.1, 0.15) is 29.2 Å². The minimum Gasteiger partial charge on any atom is -0.508 e. The first-order valence-electron chi connectivity index (χ1n) is 10.0. The number of hydrogen-bond acceptors (Lipinski definition) is 4. The van der Waals surface area contributed by atoms with Crippen LogP contribution in [-0.2, 0) is 5.41 Å². The molecule has 0 saturated heterocycles. The molecule has 0 aromatic heterocycles. The molecule has 4 heteroatoms. The maximum Gasteiger partial charge on any atom is 0.118 e. The minimum absolute atomic E-state index is 0.230. The Bertz CT molecular complexity index is 1180. The van der Waals surface area contributed by atoms with Crippen molar-refractivity contribution in [2.24, 2.45) is 0 Å². The summed E-state index contributed by atoms with van der Waals surface area (Å²) in [4.78, 5) is 2.16. The van der Waals surface area contributed by atoms with Gasteiger partial charge in [0, 0.05) is 15.2 Å². The molecule has 0 aliphatic rings. The van der Waals surface area contributed by atoms with Crippen LogP contribution in [0, 0.1) is 6.92 Å². The molecule has 4 aromatic rings. The van der Waals surface area contributed by atoms with E-state index in [0.717, 1.165) is 32.0 Å². The Hall–Kier alpha value is -3.37. The van der Waals surface area contributed by atoms with Crippen molar-refractivity contribution in [1.29, 1.82) is 0 Å². The molecule has 0 heterocycles. The van der Waals surface area contributed by atoms with Crippen LogP contribution in [0.4, 0.5) is 0 Å². The van der Waals surface area contributed by atoms with Crippen molar-refractivity contribution in [3.63, 3.8) is 0 Å². The van der Waals surface area contributed by atoms with E-state index in [1.54, 1.807) is 42.1 Å². The highest BCUT2D eigenvalue weighted by molar-refractivity contribution is 7.99. The molecular formula is C27H24O3S. The summed E-state index contributed by atoms with van der Waals surface area (Å²) < 4.78 is 0. The quantitative estimate of drug-likeness (QED) is 0.313. The van der Waals surface area contributed by atoms with E-state index in [1.807, 2.05) is 43.3 Å². The van der Waals surface area contributed by atoms with Gasteiger partial charge < -0.3 is 15.3 Å². The summed E-state index contributed by atoms with van der Waals surface area (Å²) in [6.45, 7) is 4.06. The van der Waals surface area contributed by atoms with E-state index >= 15 is 0 Å². The first-order chi connectivity index (χ1) is 14.9. The predicted molar refractivity (Wildman–Crippen MR) is 125 cm³/mol. The van der Waals surface area contributed by atoms with Gasteiger partial charge in [0.2, 0.25) is 0 Å². The first-order valence-corrected chi connectivity index (χ1v) is 10.8. The number of aryl methyl sites for hydroxylation is 1. The van der Waals surface area contributed by atoms with Crippen LogP contribution in [0.2, 0.25) is 0 Å². The standard InChI is InChI=1S/C27H24O3S/c1-18-17-21(7-16-26(18)30)27(2,19-3-8-22(28)9-4-19)20-5-12-24(13-6-20)31-25-14-10-23(29)11-15-25/h3-17,28-30H,1-2H3. The summed E-state index contributed by atoms with van der Waals surface area (Å²) in [6.07, 6.45) is 0. The summed E-state index contributed by atoms with van der Waals surface area (Å²) in [5.74, 6) is 0.764. The van der Waals surface area contributed by atoms with E-state index in [0.29, 0.717) is 0 Å². The number of hydrogen-bond donors (Lipinski definition) is 3. The molecule has 3 N–H and O–H groups in total. The Morgan fingerprint density at radius 1 is 0.581 bits per heavy atom. The lowest BCUT2D eigenvalue weighted by Crippen LogP contribution is -2.25. The molecule has 0 saturated carbocycles. The lowest BCUT2D eigenvalue weighted by atomic mass is 9.71. The maximum atomic E-state index is 10.0. The second kappa shape index (κ2) is 8.40. The molecule has 0 radical (unpaired) electrons. The first kappa shape index (κ1) is 20.9. The number of rotatable bonds is 5. The van der Waals surface area contributed by atoms with Gasteiger partial charge in [0.25, 0.3) is 0 Å². The van der Waals surface area contributed by atoms with E-state index in [1.165, 1.54) is 0 Å². The lowest BCUT2D eigenvalue weighted by Gasteiger charge is -2.32. The zero-order valence-electron chi connectivity index (χ0n) is 17.4. The summed E-state index contributed by atoms with van der Waals surface area (Å²) in [7, 11) is 0. The molecule has 4 aromatic carbocycles. The van der Waals surface area contributed by atoms with Crippen LogP contribution in [-0.4, -0.2) is 15.3 Å². The molecule has 1 unspecified atom stereocenters. The summed E-state index contributed by atoms with van der Waals surface area (Å²) in [5.41, 5.74) is 3.58. The molecule has 0 spiro atoms. The molecular weight excluding hydrogens is 404 g/mol. The van der Waals surface area contributed by atoms with Crippen molar-refractivity contribution < 1.29 is 15.3 Å². The second-order valence-corrected chi connectivity index (χ2v) is 8.94. The third-order valence-corrected chi connectivity index (χ3v) is 6.74. The highest BCUT2D eigenvalue weighted by Gasteiger charge is 2.31. The highest BCUT2D eigenvalue weighted by atomic mass is 32.2. The van der Waals surface area contributed by atoms with Crippen molar-refractivity contribution >= 4 is 11.8 Å². The summed E-state index contributed by atoms with van der Waals surface area (Å²) >= 11 is 1.64. The second-order valence-electron chi connectivity index (χ2n) is 7.79. The number of aromatic hydroxyl groups is 3. The molecule has 0 bridgehead atoms. The van der Waals surface area contributed by atoms with Gasteiger partial charge in [-0.3, -0.25) is 0 Å². The number of phenols is 3. The van der Waals surface area contributed by atoms with Crippen molar-refractivity contribution in [3.05, 3.63) is 113 Å². The van der Waals surface area contributed by atoms with Gasteiger partial charge in [0.1, 0.15) is 17.2 Å². The fourth-order valence-corrected chi connectivity index (χ4v) is 4.58. The van der Waals surface area contributed by atoms with Crippen LogP contribution >= 0.6 is 11.8 Å². The topological polar surface area (TPSA) is 60.7 Å². The molecule has 0 fully saturated rings. The average molecular weight is 429 g/mol. The molecule has 3 nitrogen and oxygen atoms in total. The van der Waals surface area contributed by atoms with Gasteiger partial charge in [0.15, 0.2) is 0 Å². The van der Waals surface area contributed by atoms with Gasteiger partial charge in [-0.15, -0.1) is 0 Å². The van der Waals surface area contributed by atoms with Crippen molar-refractivity contribution in [3.8, 4) is 17.2 Å². The minimum atomic E-state index is -0.464. The zero-order chi connectivity index (χ0) is 22.0. The van der Waals surface area contributed by atoms with E-state index < -0.39 is 5.41 Å². The van der Waals surface area contributed by atoms with Gasteiger partial charge in [-0.2, -0.15) is 0 Å². The average Bonchev–Trinajstić information content (AvgIpc) is 2.78. The molecule has 0 aliphatic heterocycles. The van der Waals surface area contributed by atoms with Crippen LogP contribution in [0.25, 0.3) is 0 Å². The van der Waals surface area contributed by atoms with Gasteiger partial charge in [-0.1, -0.05) is 48.2 Å². The van der Waals surface area contributed by atoms with E-state index in [4.69, 9.17) is 0 Å².